The van der Waals surface area contributed by atoms with E-state index in [0.29, 0.717) is 41.4 Å². The van der Waals surface area contributed by atoms with Crippen LogP contribution in [0.5, 0.6) is 11.5 Å². The van der Waals surface area contributed by atoms with Crippen LogP contribution in [0.25, 0.3) is 11.0 Å². The molecule has 5 rings (SSSR count). The normalized spacial score (nSPS) is 15.7. The lowest BCUT2D eigenvalue weighted by Gasteiger charge is -2.30. The summed E-state index contributed by atoms with van der Waals surface area (Å²) >= 11 is 3.29. The number of para-hydroxylation sites is 1. The number of benzene rings is 2. The Hall–Kier alpha value is -3.79. The molecule has 1 aliphatic rings. The quantitative estimate of drug-likeness (QED) is 0.205. The molecule has 38 heavy (non-hydrogen) atoms. The molecule has 1 saturated heterocycles. The molecule has 1 aliphatic heterocycles. The number of hydrogen-bond acceptors (Lipinski definition) is 6. The molecule has 0 saturated carbocycles. The van der Waals surface area contributed by atoms with Crippen molar-refractivity contribution in [2.75, 3.05) is 23.7 Å². The number of aromatic amines is 1. The number of aromatic nitrogens is 3. The topological polar surface area (TPSA) is 100 Å². The molecule has 0 radical (unpaired) electrons. The number of carbonyl (C=O) groups is 2. The number of likely N-dealkylation sites (tertiary alicyclic amines) is 1. The van der Waals surface area contributed by atoms with Gasteiger partial charge >= 0.3 is 0 Å². The van der Waals surface area contributed by atoms with Crippen molar-refractivity contribution in [1.29, 1.82) is 0 Å². The number of anilines is 1. The van der Waals surface area contributed by atoms with Crippen LogP contribution in [0, 0.1) is 5.82 Å². The van der Waals surface area contributed by atoms with Gasteiger partial charge < -0.3 is 19.9 Å². The number of nitrogens with zero attached hydrogens (tertiary/aromatic N) is 3. The fourth-order valence-corrected chi connectivity index (χ4v) is 5.12. The standard InChI is InChI=1S/C28H27BrFN5O3/c29-14-24(36)35-12-6-2-3-7-18(35)15-31-27-25-22(16-32-28(25)34-17-33-27)26(37)21-11-10-20(13-23(21)30)38-19-8-4-1-5-9-19/h1,4-5,8-11,13,16-18H,2-3,6-7,12,14-15H2,(H2,31,32,33,34). The van der Waals surface area contributed by atoms with Gasteiger partial charge in [-0.2, -0.15) is 0 Å². The molecule has 2 aromatic carbocycles. The van der Waals surface area contributed by atoms with E-state index in [0.717, 1.165) is 25.7 Å². The molecule has 1 atom stereocenters. The minimum atomic E-state index is -0.688. The van der Waals surface area contributed by atoms with Crippen LogP contribution in [0.2, 0.25) is 0 Å². The van der Waals surface area contributed by atoms with Gasteiger partial charge in [0.15, 0.2) is 5.78 Å². The van der Waals surface area contributed by atoms with Crippen molar-refractivity contribution < 1.29 is 18.7 Å². The van der Waals surface area contributed by atoms with E-state index >= 15 is 4.39 Å². The Kier molecular flexibility index (Phi) is 7.97. The molecule has 3 heterocycles. The minimum Gasteiger partial charge on any atom is -0.457 e. The SMILES string of the molecule is O=C(c1ccc(Oc2ccccc2)cc1F)c1c[nH]c2ncnc(NCC3CCCCCN3C(=O)CBr)c12. The maximum absolute atomic E-state index is 15.1. The van der Waals surface area contributed by atoms with Crippen molar-refractivity contribution in [2.24, 2.45) is 0 Å². The number of amides is 1. The van der Waals surface area contributed by atoms with Crippen molar-refractivity contribution in [3.8, 4) is 11.5 Å². The molecule has 2 aromatic heterocycles. The number of hydrogen-bond donors (Lipinski definition) is 2. The van der Waals surface area contributed by atoms with E-state index in [1.54, 1.807) is 18.2 Å². The second-order valence-corrected chi connectivity index (χ2v) is 9.70. The third kappa shape index (κ3) is 5.55. The zero-order valence-corrected chi connectivity index (χ0v) is 22.2. The second kappa shape index (κ2) is 11.7. The first-order valence-electron chi connectivity index (χ1n) is 12.5. The lowest BCUT2D eigenvalue weighted by molar-refractivity contribution is -0.130. The number of alkyl halides is 1. The fraction of sp³-hybridized carbons (Fsp3) is 0.286. The first-order valence-corrected chi connectivity index (χ1v) is 13.7. The molecule has 10 heteroatoms. The van der Waals surface area contributed by atoms with Gasteiger partial charge in [0.05, 0.1) is 21.8 Å². The van der Waals surface area contributed by atoms with Crippen LogP contribution < -0.4 is 10.1 Å². The average Bonchev–Trinajstić information content (AvgIpc) is 3.24. The molecule has 196 valence electrons. The van der Waals surface area contributed by atoms with Gasteiger partial charge in [0.1, 0.15) is 35.1 Å². The number of rotatable bonds is 8. The van der Waals surface area contributed by atoms with E-state index in [9.17, 15) is 9.59 Å². The summed E-state index contributed by atoms with van der Waals surface area (Å²) < 4.78 is 20.8. The first kappa shape index (κ1) is 25.8. The van der Waals surface area contributed by atoms with Crippen LogP contribution in [0.3, 0.4) is 0 Å². The smallest absolute Gasteiger partial charge is 0.233 e. The Morgan fingerprint density at radius 2 is 1.92 bits per heavy atom. The number of halogens is 2. The number of ketones is 1. The summed E-state index contributed by atoms with van der Waals surface area (Å²) in [4.78, 5) is 39.5. The van der Waals surface area contributed by atoms with Crippen LogP contribution in [0.1, 0.15) is 41.6 Å². The predicted molar refractivity (Wildman–Crippen MR) is 146 cm³/mol. The van der Waals surface area contributed by atoms with Crippen LogP contribution in [0.15, 0.2) is 61.1 Å². The monoisotopic (exact) mass is 579 g/mol. The van der Waals surface area contributed by atoms with E-state index < -0.39 is 11.6 Å². The number of ether oxygens (including phenoxy) is 1. The van der Waals surface area contributed by atoms with Gasteiger partial charge in [0.25, 0.3) is 0 Å². The molecule has 0 aliphatic carbocycles. The third-order valence-corrected chi connectivity index (χ3v) is 7.18. The highest BCUT2D eigenvalue weighted by Gasteiger charge is 2.26. The van der Waals surface area contributed by atoms with Gasteiger partial charge in [-0.25, -0.2) is 14.4 Å². The van der Waals surface area contributed by atoms with E-state index in [4.69, 9.17) is 4.74 Å². The number of H-pyrrole nitrogens is 1. The highest BCUT2D eigenvalue weighted by Crippen LogP contribution is 2.29. The third-order valence-electron chi connectivity index (χ3n) is 6.70. The number of carbonyl (C=O) groups excluding carboxylic acids is 2. The van der Waals surface area contributed by atoms with Gasteiger partial charge in [-0.15, -0.1) is 0 Å². The number of nitrogens with one attached hydrogen (secondary N) is 2. The summed E-state index contributed by atoms with van der Waals surface area (Å²) in [5, 5.41) is 4.09. The highest BCUT2D eigenvalue weighted by atomic mass is 79.9. The van der Waals surface area contributed by atoms with Crippen LogP contribution in [-0.2, 0) is 4.79 Å². The molecule has 8 nitrogen and oxygen atoms in total. The molecule has 4 aromatic rings. The molecular weight excluding hydrogens is 553 g/mol. The van der Waals surface area contributed by atoms with Gasteiger partial charge in [-0.1, -0.05) is 47.0 Å². The van der Waals surface area contributed by atoms with E-state index in [-0.39, 0.29) is 28.4 Å². The lowest BCUT2D eigenvalue weighted by Crippen LogP contribution is -2.44. The average molecular weight is 580 g/mol. The van der Waals surface area contributed by atoms with Crippen molar-refractivity contribution in [3.05, 3.63) is 78.0 Å². The Labute approximate surface area is 227 Å². The Morgan fingerprint density at radius 3 is 2.71 bits per heavy atom. The van der Waals surface area contributed by atoms with Crippen molar-refractivity contribution in [2.45, 2.75) is 31.7 Å². The maximum atomic E-state index is 15.1. The summed E-state index contributed by atoms with van der Waals surface area (Å²) in [5.74, 6) is 0.190. The summed E-state index contributed by atoms with van der Waals surface area (Å²) in [7, 11) is 0. The summed E-state index contributed by atoms with van der Waals surface area (Å²) in [6.45, 7) is 1.19. The van der Waals surface area contributed by atoms with E-state index in [1.165, 1.54) is 24.7 Å². The van der Waals surface area contributed by atoms with Gasteiger partial charge in [0.2, 0.25) is 5.91 Å². The van der Waals surface area contributed by atoms with Gasteiger partial charge in [0, 0.05) is 31.4 Å². The summed E-state index contributed by atoms with van der Waals surface area (Å²) in [6, 6.07) is 13.2. The minimum absolute atomic E-state index is 0.000243. The molecule has 1 amide bonds. The van der Waals surface area contributed by atoms with Crippen LogP contribution in [0.4, 0.5) is 10.2 Å². The maximum Gasteiger partial charge on any atom is 0.233 e. The first-order chi connectivity index (χ1) is 18.5. The van der Waals surface area contributed by atoms with Crippen molar-refractivity contribution in [1.82, 2.24) is 19.9 Å². The lowest BCUT2D eigenvalue weighted by atomic mass is 10.0. The van der Waals surface area contributed by atoms with E-state index in [2.05, 4.69) is 36.2 Å². The highest BCUT2D eigenvalue weighted by molar-refractivity contribution is 9.09. The summed E-state index contributed by atoms with van der Waals surface area (Å²) in [5.41, 5.74) is 0.636. The van der Waals surface area contributed by atoms with Gasteiger partial charge in [-0.3, -0.25) is 9.59 Å². The van der Waals surface area contributed by atoms with Crippen molar-refractivity contribution in [3.63, 3.8) is 0 Å². The Balaban J connectivity index is 1.39. The van der Waals surface area contributed by atoms with Crippen LogP contribution >= 0.6 is 15.9 Å². The zero-order chi connectivity index (χ0) is 26.5. The zero-order valence-electron chi connectivity index (χ0n) is 20.6. The molecule has 0 bridgehead atoms. The van der Waals surface area contributed by atoms with Gasteiger partial charge in [-0.05, 0) is 37.1 Å². The van der Waals surface area contributed by atoms with Crippen molar-refractivity contribution >= 4 is 44.5 Å². The Bertz CT molecular complexity index is 1450. The largest absolute Gasteiger partial charge is 0.457 e. The summed E-state index contributed by atoms with van der Waals surface area (Å²) in [6.07, 6.45) is 6.89. The molecule has 1 fully saturated rings. The molecular formula is C28H27BrFN5O3. The fourth-order valence-electron chi connectivity index (χ4n) is 4.80. The Morgan fingerprint density at radius 1 is 1.08 bits per heavy atom. The van der Waals surface area contributed by atoms with E-state index in [1.807, 2.05) is 23.1 Å². The number of fused-ring (bicyclic) bond motifs is 1. The molecule has 1 unspecified atom stereocenters. The molecule has 2 N–H and O–H groups in total. The second-order valence-electron chi connectivity index (χ2n) is 9.14. The predicted octanol–water partition coefficient (Wildman–Crippen LogP) is 5.70. The van der Waals surface area contributed by atoms with Crippen LogP contribution in [-0.4, -0.2) is 56.0 Å². The molecule has 0 spiro atoms.